The van der Waals surface area contributed by atoms with Crippen molar-refractivity contribution in [3.63, 3.8) is 0 Å². The molecule has 0 aliphatic carbocycles. The van der Waals surface area contributed by atoms with Crippen molar-refractivity contribution < 1.29 is 0 Å². The van der Waals surface area contributed by atoms with Gasteiger partial charge in [0.25, 0.3) is 0 Å². The highest BCUT2D eigenvalue weighted by molar-refractivity contribution is 5.29. The lowest BCUT2D eigenvalue weighted by Gasteiger charge is -2.23. The largest absolute Gasteiger partial charge is 0.347 e. The van der Waals surface area contributed by atoms with Crippen molar-refractivity contribution in [2.75, 3.05) is 0 Å². The van der Waals surface area contributed by atoms with Crippen LogP contribution in [0.3, 0.4) is 0 Å². The number of rotatable bonds is 5. The van der Waals surface area contributed by atoms with Crippen LogP contribution >= 0.6 is 0 Å². The first-order chi connectivity index (χ1) is 9.91. The summed E-state index contributed by atoms with van der Waals surface area (Å²) in [6.45, 7) is 11.1. The molecule has 2 unspecified atom stereocenters. The highest BCUT2D eigenvalue weighted by Crippen LogP contribution is 2.25. The number of imidazole rings is 1. The third-order valence-corrected chi connectivity index (χ3v) is 3.99. The Morgan fingerprint density at radius 2 is 1.86 bits per heavy atom. The van der Waals surface area contributed by atoms with Gasteiger partial charge >= 0.3 is 0 Å². The molecule has 21 heavy (non-hydrogen) atoms. The van der Waals surface area contributed by atoms with Crippen LogP contribution in [0, 0.1) is 0 Å². The lowest BCUT2D eigenvalue weighted by atomic mass is 9.86. The van der Waals surface area contributed by atoms with E-state index in [0.717, 1.165) is 12.2 Å². The summed E-state index contributed by atoms with van der Waals surface area (Å²) < 4.78 is 0. The fourth-order valence-corrected chi connectivity index (χ4v) is 2.53. The maximum atomic E-state index is 4.36. The maximum absolute atomic E-state index is 4.36. The zero-order valence-corrected chi connectivity index (χ0v) is 13.8. The SMILES string of the molecule is CCC(NC(C)c1ccc(C(C)(C)C)cc1)c1ncc[nH]1. The van der Waals surface area contributed by atoms with E-state index < -0.39 is 0 Å². The Morgan fingerprint density at radius 3 is 2.33 bits per heavy atom. The van der Waals surface area contributed by atoms with Gasteiger partial charge in [-0.05, 0) is 29.9 Å². The summed E-state index contributed by atoms with van der Waals surface area (Å²) in [5.41, 5.74) is 2.89. The first-order valence-electron chi connectivity index (χ1n) is 7.77. The monoisotopic (exact) mass is 285 g/mol. The second-order valence-electron chi connectivity index (χ2n) is 6.70. The summed E-state index contributed by atoms with van der Waals surface area (Å²) >= 11 is 0. The third-order valence-electron chi connectivity index (χ3n) is 3.99. The Kier molecular flexibility index (Phi) is 4.84. The first kappa shape index (κ1) is 15.8. The van der Waals surface area contributed by atoms with Gasteiger partial charge in [0.2, 0.25) is 0 Å². The highest BCUT2D eigenvalue weighted by atomic mass is 15.0. The van der Waals surface area contributed by atoms with Gasteiger partial charge in [0.15, 0.2) is 0 Å². The molecule has 1 aromatic carbocycles. The fraction of sp³-hybridized carbons (Fsp3) is 0.500. The highest BCUT2D eigenvalue weighted by Gasteiger charge is 2.17. The third kappa shape index (κ3) is 3.94. The van der Waals surface area contributed by atoms with Gasteiger partial charge in [0.05, 0.1) is 6.04 Å². The number of benzene rings is 1. The molecule has 2 N–H and O–H groups in total. The van der Waals surface area contributed by atoms with Gasteiger partial charge < -0.3 is 10.3 Å². The predicted molar refractivity (Wildman–Crippen MR) is 88.3 cm³/mol. The Hall–Kier alpha value is -1.61. The minimum atomic E-state index is 0.204. The van der Waals surface area contributed by atoms with E-state index in [-0.39, 0.29) is 11.5 Å². The second-order valence-corrected chi connectivity index (χ2v) is 6.70. The zero-order chi connectivity index (χ0) is 15.5. The molecule has 0 spiro atoms. The molecule has 0 radical (unpaired) electrons. The Balaban J connectivity index is 2.07. The minimum absolute atomic E-state index is 0.204. The molecule has 0 saturated heterocycles. The Bertz CT molecular complexity index is 535. The average Bonchev–Trinajstić information content (AvgIpc) is 2.97. The van der Waals surface area contributed by atoms with Gasteiger partial charge in [0, 0.05) is 18.4 Å². The summed E-state index contributed by atoms with van der Waals surface area (Å²) in [5.74, 6) is 1.01. The lowest BCUT2D eigenvalue weighted by molar-refractivity contribution is 0.441. The fourth-order valence-electron chi connectivity index (χ4n) is 2.53. The summed E-state index contributed by atoms with van der Waals surface area (Å²) in [7, 11) is 0. The van der Waals surface area contributed by atoms with E-state index in [1.54, 1.807) is 0 Å². The molecule has 2 aromatic rings. The van der Waals surface area contributed by atoms with Crippen LogP contribution in [-0.4, -0.2) is 9.97 Å². The topological polar surface area (TPSA) is 40.7 Å². The molecule has 114 valence electrons. The number of hydrogen-bond donors (Lipinski definition) is 2. The van der Waals surface area contributed by atoms with Gasteiger partial charge in [0.1, 0.15) is 5.82 Å². The summed E-state index contributed by atoms with van der Waals surface area (Å²) in [4.78, 5) is 7.56. The summed E-state index contributed by atoms with van der Waals surface area (Å²) in [5, 5.41) is 3.65. The number of aromatic nitrogens is 2. The van der Waals surface area contributed by atoms with Gasteiger partial charge in [-0.25, -0.2) is 4.98 Å². The molecule has 2 atom stereocenters. The van der Waals surface area contributed by atoms with Crippen molar-refractivity contribution in [2.45, 2.75) is 58.5 Å². The van der Waals surface area contributed by atoms with Crippen molar-refractivity contribution in [1.82, 2.24) is 15.3 Å². The van der Waals surface area contributed by atoms with E-state index in [1.165, 1.54) is 11.1 Å². The molecular weight excluding hydrogens is 258 g/mol. The second kappa shape index (κ2) is 6.44. The molecule has 1 heterocycles. The van der Waals surface area contributed by atoms with Crippen LogP contribution in [0.5, 0.6) is 0 Å². The molecule has 0 fully saturated rings. The van der Waals surface area contributed by atoms with Gasteiger partial charge in [-0.1, -0.05) is 52.0 Å². The quantitative estimate of drug-likeness (QED) is 0.848. The Morgan fingerprint density at radius 1 is 1.19 bits per heavy atom. The van der Waals surface area contributed by atoms with E-state index in [4.69, 9.17) is 0 Å². The van der Waals surface area contributed by atoms with Crippen LogP contribution in [0.4, 0.5) is 0 Å². The number of H-pyrrole nitrogens is 1. The van der Waals surface area contributed by atoms with Crippen molar-refractivity contribution in [2.24, 2.45) is 0 Å². The molecule has 1 aromatic heterocycles. The molecule has 3 nitrogen and oxygen atoms in total. The van der Waals surface area contributed by atoms with E-state index >= 15 is 0 Å². The van der Waals surface area contributed by atoms with Crippen molar-refractivity contribution in [3.8, 4) is 0 Å². The van der Waals surface area contributed by atoms with Gasteiger partial charge in [-0.3, -0.25) is 0 Å². The standard InChI is InChI=1S/C18H27N3/c1-6-16(17-19-11-12-20-17)21-13(2)14-7-9-15(10-8-14)18(3,4)5/h7-13,16,21H,6H2,1-5H3,(H,19,20). The molecule has 0 bridgehead atoms. The van der Waals surface area contributed by atoms with Crippen molar-refractivity contribution in [3.05, 3.63) is 53.6 Å². The maximum Gasteiger partial charge on any atom is 0.123 e. The van der Waals surface area contributed by atoms with E-state index in [2.05, 4.69) is 74.2 Å². The van der Waals surface area contributed by atoms with Crippen LogP contribution < -0.4 is 5.32 Å². The molecule has 0 aliphatic rings. The van der Waals surface area contributed by atoms with Crippen molar-refractivity contribution >= 4 is 0 Å². The smallest absolute Gasteiger partial charge is 0.123 e. The van der Waals surface area contributed by atoms with Gasteiger partial charge in [-0.2, -0.15) is 0 Å². The number of nitrogens with zero attached hydrogens (tertiary/aromatic N) is 1. The summed E-state index contributed by atoms with van der Waals surface area (Å²) in [6.07, 6.45) is 4.70. The molecule has 2 rings (SSSR count). The van der Waals surface area contributed by atoms with E-state index in [0.29, 0.717) is 6.04 Å². The first-order valence-corrected chi connectivity index (χ1v) is 7.77. The predicted octanol–water partition coefficient (Wildman–Crippen LogP) is 4.51. The summed E-state index contributed by atoms with van der Waals surface area (Å²) in [6, 6.07) is 9.49. The van der Waals surface area contributed by atoms with Gasteiger partial charge in [-0.15, -0.1) is 0 Å². The Labute approximate surface area is 128 Å². The van der Waals surface area contributed by atoms with E-state index in [1.807, 2.05) is 12.4 Å². The van der Waals surface area contributed by atoms with Crippen LogP contribution in [0.2, 0.25) is 0 Å². The van der Waals surface area contributed by atoms with Crippen LogP contribution in [0.25, 0.3) is 0 Å². The molecular formula is C18H27N3. The molecule has 3 heteroatoms. The number of aromatic amines is 1. The number of nitrogens with one attached hydrogen (secondary N) is 2. The molecule has 0 aliphatic heterocycles. The van der Waals surface area contributed by atoms with Crippen LogP contribution in [-0.2, 0) is 5.41 Å². The lowest BCUT2D eigenvalue weighted by Crippen LogP contribution is -2.25. The normalized spacial score (nSPS) is 14.9. The number of hydrogen-bond acceptors (Lipinski definition) is 2. The van der Waals surface area contributed by atoms with Crippen LogP contribution in [0.1, 0.15) is 70.1 Å². The van der Waals surface area contributed by atoms with Crippen molar-refractivity contribution in [1.29, 1.82) is 0 Å². The van der Waals surface area contributed by atoms with E-state index in [9.17, 15) is 0 Å². The van der Waals surface area contributed by atoms with Crippen LogP contribution in [0.15, 0.2) is 36.7 Å². The minimum Gasteiger partial charge on any atom is -0.347 e. The average molecular weight is 285 g/mol. The zero-order valence-electron chi connectivity index (χ0n) is 13.8. The molecule has 0 saturated carbocycles. The molecule has 0 amide bonds.